The van der Waals surface area contributed by atoms with Gasteiger partial charge in [0.25, 0.3) is 0 Å². The number of hydrogen-bond acceptors (Lipinski definition) is 1. The second-order valence-electron chi connectivity index (χ2n) is 6.84. The lowest BCUT2D eigenvalue weighted by Crippen LogP contribution is -2.44. The molecule has 2 aliphatic rings. The fourth-order valence-electron chi connectivity index (χ4n) is 3.66. The molecule has 4 rings (SSSR count). The van der Waals surface area contributed by atoms with E-state index in [1.807, 2.05) is 7.05 Å². The highest BCUT2D eigenvalue weighted by atomic mass is 127. The van der Waals surface area contributed by atoms with Crippen molar-refractivity contribution in [3.63, 3.8) is 0 Å². The molecule has 1 saturated carbocycles. The highest BCUT2D eigenvalue weighted by molar-refractivity contribution is 14.0. The van der Waals surface area contributed by atoms with E-state index in [0.717, 1.165) is 25.5 Å². The van der Waals surface area contributed by atoms with E-state index >= 15 is 0 Å². The van der Waals surface area contributed by atoms with E-state index in [1.165, 1.54) is 23.1 Å². The summed E-state index contributed by atoms with van der Waals surface area (Å²) in [5.74, 6) is 1.66. The first-order valence-electron chi connectivity index (χ1n) is 9.13. The summed E-state index contributed by atoms with van der Waals surface area (Å²) in [5, 5.41) is 3.66. The quantitative estimate of drug-likeness (QED) is 0.415. The smallest absolute Gasteiger partial charge is 0.194 e. The molecular weight excluding hydrogens is 433 g/mol. The summed E-state index contributed by atoms with van der Waals surface area (Å²) in [4.78, 5) is 6.87. The maximum atomic E-state index is 4.52. The standard InChI is InChI=1S/C22H25N3.HI/c1-23-22(24-21-16-20(21)19-10-6-3-7-11-19)25-14-12-18(13-15-25)17-8-4-2-5-9-17;/h2-12,20-21H,13-16H2,1H3,(H,23,24);1H. The minimum absolute atomic E-state index is 0. The number of hydrogen-bond donors (Lipinski definition) is 1. The minimum atomic E-state index is 0. The molecule has 0 saturated heterocycles. The molecule has 1 heterocycles. The Morgan fingerprint density at radius 2 is 1.73 bits per heavy atom. The molecule has 1 aliphatic heterocycles. The van der Waals surface area contributed by atoms with Gasteiger partial charge >= 0.3 is 0 Å². The van der Waals surface area contributed by atoms with Crippen molar-refractivity contribution in [3.8, 4) is 0 Å². The first-order chi connectivity index (χ1) is 12.3. The van der Waals surface area contributed by atoms with Crippen LogP contribution in [0, 0.1) is 0 Å². The number of nitrogens with zero attached hydrogens (tertiary/aromatic N) is 2. The first-order valence-corrected chi connectivity index (χ1v) is 9.13. The molecule has 2 atom stereocenters. The van der Waals surface area contributed by atoms with Crippen LogP contribution in [0.15, 0.2) is 71.7 Å². The third kappa shape index (κ3) is 4.29. The number of guanidine groups is 1. The zero-order chi connectivity index (χ0) is 17.1. The number of nitrogens with one attached hydrogen (secondary N) is 1. The number of aliphatic imine (C=N–C) groups is 1. The molecule has 136 valence electrons. The van der Waals surface area contributed by atoms with Gasteiger partial charge < -0.3 is 10.2 Å². The molecule has 0 amide bonds. The summed E-state index contributed by atoms with van der Waals surface area (Å²) in [5.41, 5.74) is 4.22. The zero-order valence-electron chi connectivity index (χ0n) is 15.1. The molecule has 2 aromatic rings. The molecule has 1 aliphatic carbocycles. The van der Waals surface area contributed by atoms with Gasteiger partial charge in [0.1, 0.15) is 0 Å². The van der Waals surface area contributed by atoms with Crippen molar-refractivity contribution < 1.29 is 0 Å². The Bertz CT molecular complexity index is 770. The summed E-state index contributed by atoms with van der Waals surface area (Å²) >= 11 is 0. The summed E-state index contributed by atoms with van der Waals surface area (Å²) < 4.78 is 0. The highest BCUT2D eigenvalue weighted by Crippen LogP contribution is 2.40. The van der Waals surface area contributed by atoms with E-state index in [9.17, 15) is 0 Å². The fourth-order valence-corrected chi connectivity index (χ4v) is 3.66. The molecule has 2 aromatic carbocycles. The molecule has 0 bridgehead atoms. The Morgan fingerprint density at radius 3 is 2.35 bits per heavy atom. The summed E-state index contributed by atoms with van der Waals surface area (Å²) in [7, 11) is 1.89. The van der Waals surface area contributed by atoms with E-state index in [-0.39, 0.29) is 24.0 Å². The number of benzene rings is 2. The van der Waals surface area contributed by atoms with Gasteiger partial charge in [-0.2, -0.15) is 0 Å². The third-order valence-electron chi connectivity index (χ3n) is 5.20. The fraction of sp³-hybridized carbons (Fsp3) is 0.318. The molecule has 0 radical (unpaired) electrons. The van der Waals surface area contributed by atoms with Crippen LogP contribution in [0.3, 0.4) is 0 Å². The lowest BCUT2D eigenvalue weighted by atomic mass is 10.00. The second-order valence-corrected chi connectivity index (χ2v) is 6.84. The van der Waals surface area contributed by atoms with E-state index in [1.54, 1.807) is 0 Å². The van der Waals surface area contributed by atoms with Crippen LogP contribution in [0.25, 0.3) is 5.57 Å². The topological polar surface area (TPSA) is 27.6 Å². The Balaban J connectivity index is 0.00000196. The van der Waals surface area contributed by atoms with Gasteiger partial charge in [0.05, 0.1) is 0 Å². The lowest BCUT2D eigenvalue weighted by Gasteiger charge is -2.30. The molecule has 1 fully saturated rings. The van der Waals surface area contributed by atoms with Crippen LogP contribution in [0.1, 0.15) is 29.9 Å². The van der Waals surface area contributed by atoms with Gasteiger partial charge in [0.2, 0.25) is 0 Å². The molecular formula is C22H26IN3. The van der Waals surface area contributed by atoms with E-state index < -0.39 is 0 Å². The third-order valence-corrected chi connectivity index (χ3v) is 5.20. The van der Waals surface area contributed by atoms with Gasteiger partial charge in [0, 0.05) is 32.1 Å². The van der Waals surface area contributed by atoms with Gasteiger partial charge in [-0.05, 0) is 29.5 Å². The van der Waals surface area contributed by atoms with E-state index in [4.69, 9.17) is 0 Å². The van der Waals surface area contributed by atoms with Crippen LogP contribution < -0.4 is 5.32 Å². The minimum Gasteiger partial charge on any atom is -0.353 e. The maximum absolute atomic E-state index is 4.52. The van der Waals surface area contributed by atoms with Crippen molar-refractivity contribution in [1.82, 2.24) is 10.2 Å². The van der Waals surface area contributed by atoms with Crippen molar-refractivity contribution in [2.24, 2.45) is 4.99 Å². The Morgan fingerprint density at radius 1 is 1.04 bits per heavy atom. The molecule has 0 aromatic heterocycles. The summed E-state index contributed by atoms with van der Waals surface area (Å²) in [6.07, 6.45) is 4.60. The summed E-state index contributed by atoms with van der Waals surface area (Å²) in [6, 6.07) is 22.0. The average Bonchev–Trinajstić information content (AvgIpc) is 3.47. The Kier molecular flexibility index (Phi) is 6.35. The first kappa shape index (κ1) is 19.0. The molecule has 0 spiro atoms. The van der Waals surface area contributed by atoms with Gasteiger partial charge in [-0.3, -0.25) is 4.99 Å². The SMILES string of the molecule is CN=C(NC1CC1c1ccccc1)N1CC=C(c2ccccc2)CC1.I. The van der Waals surface area contributed by atoms with Crippen LogP contribution in [0.4, 0.5) is 0 Å². The Hall–Kier alpha value is -1.82. The maximum Gasteiger partial charge on any atom is 0.194 e. The van der Waals surface area contributed by atoms with E-state index in [0.29, 0.717) is 12.0 Å². The zero-order valence-corrected chi connectivity index (χ0v) is 17.5. The molecule has 1 N–H and O–H groups in total. The normalized spacial score (nSPS) is 22.3. The molecule has 2 unspecified atom stereocenters. The monoisotopic (exact) mass is 459 g/mol. The molecule has 4 heteroatoms. The van der Waals surface area contributed by atoms with Crippen LogP contribution in [0.5, 0.6) is 0 Å². The van der Waals surface area contributed by atoms with Crippen molar-refractivity contribution in [3.05, 3.63) is 77.9 Å². The van der Waals surface area contributed by atoms with Crippen LogP contribution in [-0.2, 0) is 0 Å². The van der Waals surface area contributed by atoms with Gasteiger partial charge in [0.15, 0.2) is 5.96 Å². The van der Waals surface area contributed by atoms with Crippen molar-refractivity contribution in [1.29, 1.82) is 0 Å². The Labute approximate surface area is 173 Å². The van der Waals surface area contributed by atoms with Crippen LogP contribution in [-0.4, -0.2) is 37.0 Å². The predicted molar refractivity (Wildman–Crippen MR) is 120 cm³/mol. The highest BCUT2D eigenvalue weighted by Gasteiger charge is 2.39. The predicted octanol–water partition coefficient (Wildman–Crippen LogP) is 4.53. The molecule has 26 heavy (non-hydrogen) atoms. The number of halogens is 1. The largest absolute Gasteiger partial charge is 0.353 e. The lowest BCUT2D eigenvalue weighted by molar-refractivity contribution is 0.439. The van der Waals surface area contributed by atoms with Gasteiger partial charge in [-0.15, -0.1) is 24.0 Å². The summed E-state index contributed by atoms with van der Waals surface area (Å²) in [6.45, 7) is 1.94. The van der Waals surface area contributed by atoms with Crippen molar-refractivity contribution >= 4 is 35.5 Å². The van der Waals surface area contributed by atoms with Crippen molar-refractivity contribution in [2.45, 2.75) is 24.8 Å². The van der Waals surface area contributed by atoms with Gasteiger partial charge in [-0.1, -0.05) is 66.7 Å². The van der Waals surface area contributed by atoms with Crippen molar-refractivity contribution in [2.75, 3.05) is 20.1 Å². The second kappa shape index (κ2) is 8.71. The average molecular weight is 459 g/mol. The number of rotatable bonds is 3. The van der Waals surface area contributed by atoms with E-state index in [2.05, 4.69) is 81.9 Å². The molecule has 3 nitrogen and oxygen atoms in total. The van der Waals surface area contributed by atoms with Crippen LogP contribution in [0.2, 0.25) is 0 Å². The van der Waals surface area contributed by atoms with Gasteiger partial charge in [-0.25, -0.2) is 0 Å². The van der Waals surface area contributed by atoms with Crippen LogP contribution >= 0.6 is 24.0 Å².